The topological polar surface area (TPSA) is 46.3 Å². The number of carbonyl (C=O) groups excluding carboxylic acids is 1. The Balaban J connectivity index is 2.37. The Morgan fingerprint density at radius 2 is 2.17 bits per heavy atom. The molecular weight excluding hydrogens is 238 g/mol. The SMILES string of the molecule is CCCN1C(=O)CC(N)C1c1ccc(F)cc1F. The van der Waals surface area contributed by atoms with E-state index in [1.807, 2.05) is 6.92 Å². The minimum atomic E-state index is -0.647. The molecule has 1 amide bonds. The summed E-state index contributed by atoms with van der Waals surface area (Å²) in [6.45, 7) is 2.48. The molecule has 98 valence electrons. The zero-order valence-electron chi connectivity index (χ0n) is 10.2. The third kappa shape index (κ3) is 2.22. The van der Waals surface area contributed by atoms with Crippen molar-refractivity contribution in [1.82, 2.24) is 4.90 Å². The predicted molar refractivity (Wildman–Crippen MR) is 63.7 cm³/mol. The summed E-state index contributed by atoms with van der Waals surface area (Å²) in [5, 5.41) is 0. The molecule has 1 aromatic rings. The lowest BCUT2D eigenvalue weighted by Gasteiger charge is -2.27. The molecule has 0 aromatic heterocycles. The van der Waals surface area contributed by atoms with E-state index in [-0.39, 0.29) is 12.3 Å². The van der Waals surface area contributed by atoms with Crippen molar-refractivity contribution >= 4 is 5.91 Å². The number of likely N-dealkylation sites (tertiary alicyclic amines) is 1. The van der Waals surface area contributed by atoms with Gasteiger partial charge in [0.25, 0.3) is 0 Å². The van der Waals surface area contributed by atoms with E-state index in [0.29, 0.717) is 12.1 Å². The quantitative estimate of drug-likeness (QED) is 0.896. The van der Waals surface area contributed by atoms with Crippen LogP contribution in [0.5, 0.6) is 0 Å². The first-order valence-corrected chi connectivity index (χ1v) is 6.04. The summed E-state index contributed by atoms with van der Waals surface area (Å²) in [6.07, 6.45) is 0.985. The van der Waals surface area contributed by atoms with E-state index >= 15 is 0 Å². The molecule has 0 saturated carbocycles. The van der Waals surface area contributed by atoms with E-state index in [2.05, 4.69) is 0 Å². The molecule has 2 rings (SSSR count). The summed E-state index contributed by atoms with van der Waals surface area (Å²) in [4.78, 5) is 13.4. The second kappa shape index (κ2) is 5.02. The van der Waals surface area contributed by atoms with Crippen molar-refractivity contribution in [2.24, 2.45) is 5.73 Å². The fourth-order valence-electron chi connectivity index (χ4n) is 2.46. The van der Waals surface area contributed by atoms with Crippen LogP contribution >= 0.6 is 0 Å². The Morgan fingerprint density at radius 1 is 1.44 bits per heavy atom. The van der Waals surface area contributed by atoms with Crippen LogP contribution in [0, 0.1) is 11.6 Å². The molecule has 2 N–H and O–H groups in total. The zero-order valence-corrected chi connectivity index (χ0v) is 10.2. The van der Waals surface area contributed by atoms with E-state index in [4.69, 9.17) is 5.73 Å². The van der Waals surface area contributed by atoms with Gasteiger partial charge in [0.15, 0.2) is 0 Å². The van der Waals surface area contributed by atoms with Crippen molar-refractivity contribution in [2.45, 2.75) is 31.8 Å². The molecule has 18 heavy (non-hydrogen) atoms. The number of hydrogen-bond acceptors (Lipinski definition) is 2. The highest BCUT2D eigenvalue weighted by atomic mass is 19.1. The Morgan fingerprint density at radius 3 is 2.78 bits per heavy atom. The van der Waals surface area contributed by atoms with Crippen molar-refractivity contribution in [1.29, 1.82) is 0 Å². The number of rotatable bonds is 3. The van der Waals surface area contributed by atoms with Crippen molar-refractivity contribution in [3.63, 3.8) is 0 Å². The van der Waals surface area contributed by atoms with Crippen LogP contribution in [0.25, 0.3) is 0 Å². The van der Waals surface area contributed by atoms with Gasteiger partial charge in [-0.1, -0.05) is 13.0 Å². The maximum atomic E-state index is 13.8. The van der Waals surface area contributed by atoms with Gasteiger partial charge in [-0.2, -0.15) is 0 Å². The van der Waals surface area contributed by atoms with Crippen LogP contribution in [0.2, 0.25) is 0 Å². The molecule has 1 aliphatic heterocycles. The van der Waals surface area contributed by atoms with Gasteiger partial charge in [-0.15, -0.1) is 0 Å². The first-order valence-electron chi connectivity index (χ1n) is 6.04. The molecule has 2 unspecified atom stereocenters. The van der Waals surface area contributed by atoms with Crippen LogP contribution in [-0.4, -0.2) is 23.4 Å². The summed E-state index contributed by atoms with van der Waals surface area (Å²) >= 11 is 0. The first kappa shape index (κ1) is 13.0. The molecule has 5 heteroatoms. The van der Waals surface area contributed by atoms with E-state index in [1.165, 1.54) is 12.1 Å². The van der Waals surface area contributed by atoms with Crippen molar-refractivity contribution in [2.75, 3.05) is 6.54 Å². The monoisotopic (exact) mass is 254 g/mol. The molecular formula is C13H16F2N2O. The van der Waals surface area contributed by atoms with Crippen molar-refractivity contribution in [3.8, 4) is 0 Å². The number of nitrogens with two attached hydrogens (primary N) is 1. The number of carbonyl (C=O) groups is 1. The largest absolute Gasteiger partial charge is 0.334 e. The fraction of sp³-hybridized carbons (Fsp3) is 0.462. The lowest BCUT2D eigenvalue weighted by molar-refractivity contribution is -0.129. The number of halogens is 2. The Labute approximate surface area is 105 Å². The number of hydrogen-bond donors (Lipinski definition) is 1. The smallest absolute Gasteiger partial charge is 0.224 e. The van der Waals surface area contributed by atoms with Crippen LogP contribution in [0.1, 0.15) is 31.4 Å². The van der Waals surface area contributed by atoms with Gasteiger partial charge in [0.1, 0.15) is 11.6 Å². The number of amides is 1. The normalized spacial score (nSPS) is 23.8. The van der Waals surface area contributed by atoms with Crippen LogP contribution < -0.4 is 5.73 Å². The molecule has 0 spiro atoms. The van der Waals surface area contributed by atoms with Gasteiger partial charge in [-0.25, -0.2) is 8.78 Å². The average Bonchev–Trinajstić information content (AvgIpc) is 2.56. The maximum absolute atomic E-state index is 13.8. The van der Waals surface area contributed by atoms with Gasteiger partial charge < -0.3 is 10.6 Å². The van der Waals surface area contributed by atoms with Gasteiger partial charge in [-0.3, -0.25) is 4.79 Å². The van der Waals surface area contributed by atoms with E-state index in [9.17, 15) is 13.6 Å². The molecule has 1 aliphatic rings. The molecule has 1 fully saturated rings. The van der Waals surface area contributed by atoms with Crippen molar-refractivity contribution < 1.29 is 13.6 Å². The molecule has 1 heterocycles. The van der Waals surface area contributed by atoms with Gasteiger partial charge in [0, 0.05) is 30.6 Å². The molecule has 0 aliphatic carbocycles. The van der Waals surface area contributed by atoms with Gasteiger partial charge in [-0.05, 0) is 12.5 Å². The standard InChI is InChI=1S/C13H16F2N2O/c1-2-5-17-12(18)7-11(16)13(17)9-4-3-8(14)6-10(9)15/h3-4,6,11,13H,2,5,7,16H2,1H3. The molecule has 1 saturated heterocycles. The van der Waals surface area contributed by atoms with E-state index in [0.717, 1.165) is 12.5 Å². The van der Waals surface area contributed by atoms with Crippen molar-refractivity contribution in [3.05, 3.63) is 35.4 Å². The van der Waals surface area contributed by atoms with Gasteiger partial charge in [0.05, 0.1) is 6.04 Å². The summed E-state index contributed by atoms with van der Waals surface area (Å²) < 4.78 is 26.7. The molecule has 2 atom stereocenters. The summed E-state index contributed by atoms with van der Waals surface area (Å²) in [7, 11) is 0. The average molecular weight is 254 g/mol. The number of benzene rings is 1. The van der Waals surface area contributed by atoms with Gasteiger partial charge in [0.2, 0.25) is 5.91 Å². The third-order valence-electron chi connectivity index (χ3n) is 3.22. The molecule has 3 nitrogen and oxygen atoms in total. The highest BCUT2D eigenvalue weighted by molar-refractivity contribution is 5.80. The lowest BCUT2D eigenvalue weighted by Crippen LogP contribution is -2.34. The van der Waals surface area contributed by atoms with E-state index < -0.39 is 23.7 Å². The maximum Gasteiger partial charge on any atom is 0.224 e. The Kier molecular flexibility index (Phi) is 3.61. The predicted octanol–water partition coefficient (Wildman–Crippen LogP) is 1.98. The lowest BCUT2D eigenvalue weighted by atomic mass is 10.00. The zero-order chi connectivity index (χ0) is 13.3. The van der Waals surface area contributed by atoms with Gasteiger partial charge >= 0.3 is 0 Å². The Hall–Kier alpha value is -1.49. The summed E-state index contributed by atoms with van der Waals surface area (Å²) in [6, 6.07) is 2.46. The minimum Gasteiger partial charge on any atom is -0.334 e. The second-order valence-corrected chi connectivity index (χ2v) is 4.57. The highest BCUT2D eigenvalue weighted by Gasteiger charge is 2.39. The number of nitrogens with zero attached hydrogens (tertiary/aromatic N) is 1. The summed E-state index contributed by atoms with van der Waals surface area (Å²) in [5.41, 5.74) is 6.20. The summed E-state index contributed by atoms with van der Waals surface area (Å²) in [5.74, 6) is -1.35. The van der Waals surface area contributed by atoms with Crippen LogP contribution in [0.4, 0.5) is 8.78 Å². The highest BCUT2D eigenvalue weighted by Crippen LogP contribution is 2.33. The van der Waals surface area contributed by atoms with Crippen LogP contribution in [0.3, 0.4) is 0 Å². The fourth-order valence-corrected chi connectivity index (χ4v) is 2.46. The first-order chi connectivity index (χ1) is 8.54. The minimum absolute atomic E-state index is 0.0712. The molecule has 0 bridgehead atoms. The second-order valence-electron chi connectivity index (χ2n) is 4.57. The van der Waals surface area contributed by atoms with Crippen LogP contribution in [0.15, 0.2) is 18.2 Å². The molecule has 0 radical (unpaired) electrons. The molecule has 1 aromatic carbocycles. The van der Waals surface area contributed by atoms with E-state index in [1.54, 1.807) is 4.90 Å². The Bertz CT molecular complexity index is 464. The van der Waals surface area contributed by atoms with Crippen LogP contribution in [-0.2, 0) is 4.79 Å². The third-order valence-corrected chi connectivity index (χ3v) is 3.22.